The Morgan fingerprint density at radius 2 is 1.27 bits per heavy atom. The zero-order valence-corrected chi connectivity index (χ0v) is 19.2. The van der Waals surface area contributed by atoms with E-state index in [9.17, 15) is 0 Å². The highest BCUT2D eigenvalue weighted by Gasteiger charge is 2.20. The second-order valence-electron chi connectivity index (χ2n) is 8.32. The molecular weight excluding hydrogens is 470 g/mol. The minimum atomic E-state index is 0.900. The number of furan rings is 1. The first-order valence-corrected chi connectivity index (χ1v) is 11.8. The lowest BCUT2D eigenvalue weighted by molar-refractivity contribution is 0.671. The van der Waals surface area contributed by atoms with E-state index in [1.807, 2.05) is 18.2 Å². The lowest BCUT2D eigenvalue weighted by Crippen LogP contribution is -1.94. The van der Waals surface area contributed by atoms with Crippen molar-refractivity contribution in [2.75, 3.05) is 0 Å². The van der Waals surface area contributed by atoms with Crippen molar-refractivity contribution < 1.29 is 4.42 Å². The number of aromatic nitrogens is 1. The van der Waals surface area contributed by atoms with Gasteiger partial charge in [0.1, 0.15) is 5.58 Å². The molecule has 0 saturated carbocycles. The van der Waals surface area contributed by atoms with Crippen LogP contribution >= 0.6 is 15.9 Å². The zero-order chi connectivity index (χ0) is 21.9. The van der Waals surface area contributed by atoms with Gasteiger partial charge in [-0.15, -0.1) is 0 Å². The monoisotopic (exact) mass is 487 g/mol. The van der Waals surface area contributed by atoms with Gasteiger partial charge in [0.15, 0.2) is 5.58 Å². The second kappa shape index (κ2) is 7.09. The van der Waals surface area contributed by atoms with E-state index in [0.29, 0.717) is 0 Å². The molecule has 33 heavy (non-hydrogen) atoms. The molecule has 7 rings (SSSR count). The molecule has 0 bridgehead atoms. The van der Waals surface area contributed by atoms with E-state index in [1.165, 1.54) is 27.4 Å². The van der Waals surface area contributed by atoms with E-state index < -0.39 is 0 Å². The molecule has 0 fully saturated rings. The second-order valence-corrected chi connectivity index (χ2v) is 9.18. The fraction of sp³-hybridized carbons (Fsp3) is 0. The van der Waals surface area contributed by atoms with Gasteiger partial charge in [0, 0.05) is 31.7 Å². The molecule has 0 amide bonds. The van der Waals surface area contributed by atoms with Crippen molar-refractivity contribution in [3.8, 4) is 16.8 Å². The van der Waals surface area contributed by atoms with Gasteiger partial charge in [-0.3, -0.25) is 0 Å². The number of hydrogen-bond acceptors (Lipinski definition) is 1. The van der Waals surface area contributed by atoms with Crippen molar-refractivity contribution in [3.63, 3.8) is 0 Å². The van der Waals surface area contributed by atoms with Gasteiger partial charge in [-0.1, -0.05) is 78.9 Å². The van der Waals surface area contributed by atoms with E-state index in [0.717, 1.165) is 37.6 Å². The van der Waals surface area contributed by atoms with Crippen LogP contribution in [0.1, 0.15) is 0 Å². The quantitative estimate of drug-likeness (QED) is 0.237. The van der Waals surface area contributed by atoms with Gasteiger partial charge in [0.05, 0.1) is 11.0 Å². The molecule has 5 aromatic carbocycles. The summed E-state index contributed by atoms with van der Waals surface area (Å²) in [5.41, 5.74) is 7.61. The fourth-order valence-corrected chi connectivity index (χ4v) is 5.61. The third kappa shape index (κ3) is 2.73. The van der Waals surface area contributed by atoms with E-state index in [4.69, 9.17) is 4.42 Å². The van der Waals surface area contributed by atoms with Crippen LogP contribution in [0.25, 0.3) is 60.6 Å². The number of fused-ring (bicyclic) bond motifs is 7. The smallest absolute Gasteiger partial charge is 0.161 e. The van der Waals surface area contributed by atoms with Crippen LogP contribution in [0.5, 0.6) is 0 Å². The maximum atomic E-state index is 6.48. The maximum Gasteiger partial charge on any atom is 0.161 e. The normalized spacial score (nSPS) is 11.8. The summed E-state index contributed by atoms with van der Waals surface area (Å²) < 4.78 is 9.86. The Bertz CT molecular complexity index is 1810. The summed E-state index contributed by atoms with van der Waals surface area (Å²) in [6.07, 6.45) is 0. The molecule has 0 unspecified atom stereocenters. The molecule has 156 valence electrons. The Balaban J connectivity index is 1.59. The Kier molecular flexibility index (Phi) is 4.02. The molecule has 2 aromatic heterocycles. The molecule has 2 nitrogen and oxygen atoms in total. The Morgan fingerprint density at radius 3 is 2.09 bits per heavy atom. The van der Waals surface area contributed by atoms with Crippen LogP contribution in [0.4, 0.5) is 0 Å². The Labute approximate surface area is 198 Å². The predicted molar refractivity (Wildman–Crippen MR) is 141 cm³/mol. The zero-order valence-electron chi connectivity index (χ0n) is 17.6. The van der Waals surface area contributed by atoms with E-state index in [2.05, 4.69) is 111 Å². The number of para-hydroxylation sites is 2. The summed E-state index contributed by atoms with van der Waals surface area (Å²) in [6.45, 7) is 0. The Hall–Kier alpha value is -3.82. The summed E-state index contributed by atoms with van der Waals surface area (Å²) in [5.74, 6) is 0. The first-order chi connectivity index (χ1) is 16.3. The van der Waals surface area contributed by atoms with Crippen molar-refractivity contribution in [3.05, 3.63) is 114 Å². The molecule has 0 aliphatic heterocycles. The number of hydrogen-bond donors (Lipinski definition) is 0. The molecule has 0 N–H and O–H groups in total. The van der Waals surface area contributed by atoms with Gasteiger partial charge < -0.3 is 8.98 Å². The van der Waals surface area contributed by atoms with Crippen molar-refractivity contribution in [2.45, 2.75) is 0 Å². The molecule has 2 heterocycles. The molecular formula is C30H18BrNO. The van der Waals surface area contributed by atoms with Gasteiger partial charge >= 0.3 is 0 Å². The summed E-state index contributed by atoms with van der Waals surface area (Å²) in [7, 11) is 0. The molecule has 3 heteroatoms. The van der Waals surface area contributed by atoms with Crippen LogP contribution < -0.4 is 0 Å². The van der Waals surface area contributed by atoms with Crippen LogP contribution in [-0.2, 0) is 0 Å². The highest BCUT2D eigenvalue weighted by atomic mass is 79.9. The van der Waals surface area contributed by atoms with Crippen molar-refractivity contribution >= 4 is 59.7 Å². The van der Waals surface area contributed by atoms with E-state index >= 15 is 0 Å². The molecule has 0 radical (unpaired) electrons. The summed E-state index contributed by atoms with van der Waals surface area (Å²) in [6, 6.07) is 38.3. The SMILES string of the molecule is Brc1cc2c3ccccc3n(-c3ccc(-c4ccccc4)cc3)c2c2oc3ccccc3c12. The predicted octanol–water partition coefficient (Wildman–Crippen LogP) is 9.11. The molecule has 0 aliphatic carbocycles. The maximum absolute atomic E-state index is 6.48. The fourth-order valence-electron chi connectivity index (χ4n) is 4.98. The molecule has 0 atom stereocenters. The standard InChI is InChI=1S/C30H18BrNO/c31-25-18-24-22-10-4-6-12-26(22)32(21-16-14-20(15-17-21)19-8-2-1-3-9-19)29(24)30-28(25)23-11-5-7-13-27(23)33-30/h1-18H. The number of benzene rings is 5. The average Bonchev–Trinajstić information content (AvgIpc) is 3.41. The third-order valence-electron chi connectivity index (χ3n) is 6.47. The topological polar surface area (TPSA) is 18.1 Å². The Morgan fingerprint density at radius 1 is 0.606 bits per heavy atom. The van der Waals surface area contributed by atoms with Gasteiger partial charge in [-0.2, -0.15) is 0 Å². The molecule has 7 aromatic rings. The van der Waals surface area contributed by atoms with Crippen molar-refractivity contribution in [1.29, 1.82) is 0 Å². The first kappa shape index (κ1) is 18.7. The van der Waals surface area contributed by atoms with Gasteiger partial charge in [-0.05, 0) is 57.4 Å². The minimum Gasteiger partial charge on any atom is -0.454 e. The number of rotatable bonds is 2. The van der Waals surface area contributed by atoms with Crippen LogP contribution in [0.3, 0.4) is 0 Å². The molecule has 0 saturated heterocycles. The first-order valence-electron chi connectivity index (χ1n) is 11.0. The summed E-state index contributed by atoms with van der Waals surface area (Å²) in [4.78, 5) is 0. The van der Waals surface area contributed by atoms with E-state index in [-0.39, 0.29) is 0 Å². The largest absolute Gasteiger partial charge is 0.454 e. The summed E-state index contributed by atoms with van der Waals surface area (Å²) in [5, 5.41) is 4.62. The van der Waals surface area contributed by atoms with Crippen LogP contribution in [0.2, 0.25) is 0 Å². The third-order valence-corrected chi connectivity index (χ3v) is 7.09. The number of nitrogens with zero attached hydrogens (tertiary/aromatic N) is 1. The number of halogens is 1. The molecule has 0 aliphatic rings. The summed E-state index contributed by atoms with van der Waals surface area (Å²) >= 11 is 3.84. The lowest BCUT2D eigenvalue weighted by atomic mass is 10.1. The highest BCUT2D eigenvalue weighted by Crippen LogP contribution is 2.43. The minimum absolute atomic E-state index is 0.900. The van der Waals surface area contributed by atoms with Crippen molar-refractivity contribution in [1.82, 2.24) is 4.57 Å². The van der Waals surface area contributed by atoms with Gasteiger partial charge in [0.25, 0.3) is 0 Å². The van der Waals surface area contributed by atoms with Crippen molar-refractivity contribution in [2.24, 2.45) is 0 Å². The lowest BCUT2D eigenvalue weighted by Gasteiger charge is -2.10. The van der Waals surface area contributed by atoms with Gasteiger partial charge in [0.2, 0.25) is 0 Å². The molecule has 0 spiro atoms. The van der Waals surface area contributed by atoms with Gasteiger partial charge in [-0.25, -0.2) is 0 Å². The average molecular weight is 488 g/mol. The van der Waals surface area contributed by atoms with Crippen LogP contribution in [0, 0.1) is 0 Å². The highest BCUT2D eigenvalue weighted by molar-refractivity contribution is 9.10. The van der Waals surface area contributed by atoms with Crippen LogP contribution in [-0.4, -0.2) is 4.57 Å². The van der Waals surface area contributed by atoms with E-state index in [1.54, 1.807) is 0 Å². The van der Waals surface area contributed by atoms with Crippen LogP contribution in [0.15, 0.2) is 118 Å².